The topological polar surface area (TPSA) is 12.0 Å². The van der Waals surface area contributed by atoms with E-state index in [1.165, 1.54) is 23.5 Å². The number of halogens is 1. The van der Waals surface area contributed by atoms with E-state index in [2.05, 4.69) is 5.32 Å². The van der Waals surface area contributed by atoms with Crippen molar-refractivity contribution in [2.75, 3.05) is 11.5 Å². The minimum atomic E-state index is -0.116. The third kappa shape index (κ3) is 2.95. The lowest BCUT2D eigenvalue weighted by Gasteiger charge is -2.11. The number of aryl methyl sites for hydroxylation is 1. The van der Waals surface area contributed by atoms with Gasteiger partial charge in [0.05, 0.1) is 0 Å². The van der Waals surface area contributed by atoms with Crippen LogP contribution in [0.4, 0.5) is 4.39 Å². The fourth-order valence-corrected chi connectivity index (χ4v) is 2.96. The molecular weight excluding hydrogens is 209 g/mol. The largest absolute Gasteiger partial charge is 0.309 e. The van der Waals surface area contributed by atoms with Gasteiger partial charge in [-0.2, -0.15) is 11.8 Å². The molecule has 1 atom stereocenters. The van der Waals surface area contributed by atoms with Crippen LogP contribution < -0.4 is 5.32 Å². The Bertz CT molecular complexity index is 334. The van der Waals surface area contributed by atoms with Crippen molar-refractivity contribution in [2.24, 2.45) is 0 Å². The molecule has 1 unspecified atom stereocenters. The van der Waals surface area contributed by atoms with Gasteiger partial charge in [0, 0.05) is 18.3 Å². The molecule has 0 radical (unpaired) electrons. The second-order valence-corrected chi connectivity index (χ2v) is 5.17. The SMILES string of the molecule is Cc1cc(CNC2CCSC2)ccc1F. The van der Waals surface area contributed by atoms with Crippen molar-refractivity contribution in [3.63, 3.8) is 0 Å². The molecule has 0 aliphatic carbocycles. The first kappa shape index (κ1) is 11.0. The molecule has 1 fully saturated rings. The zero-order valence-corrected chi connectivity index (χ0v) is 9.74. The predicted octanol–water partition coefficient (Wildman–Crippen LogP) is 2.73. The van der Waals surface area contributed by atoms with Gasteiger partial charge in [-0.25, -0.2) is 4.39 Å². The van der Waals surface area contributed by atoms with E-state index in [-0.39, 0.29) is 5.82 Å². The van der Waals surface area contributed by atoms with E-state index in [0.717, 1.165) is 12.1 Å². The van der Waals surface area contributed by atoms with Gasteiger partial charge >= 0.3 is 0 Å². The molecule has 1 aromatic carbocycles. The van der Waals surface area contributed by atoms with Crippen LogP contribution in [0.15, 0.2) is 18.2 Å². The Morgan fingerprint density at radius 1 is 1.53 bits per heavy atom. The summed E-state index contributed by atoms with van der Waals surface area (Å²) in [4.78, 5) is 0. The number of thioether (sulfide) groups is 1. The number of nitrogens with one attached hydrogen (secondary N) is 1. The molecule has 0 aromatic heterocycles. The van der Waals surface area contributed by atoms with Crippen LogP contribution in [0.5, 0.6) is 0 Å². The molecule has 0 bridgehead atoms. The third-order valence-corrected chi connectivity index (χ3v) is 3.91. The highest BCUT2D eigenvalue weighted by molar-refractivity contribution is 7.99. The molecule has 1 aliphatic heterocycles. The van der Waals surface area contributed by atoms with Crippen LogP contribution in [0.2, 0.25) is 0 Å². The lowest BCUT2D eigenvalue weighted by molar-refractivity contribution is 0.556. The highest BCUT2D eigenvalue weighted by Gasteiger charge is 2.14. The molecule has 1 aromatic rings. The van der Waals surface area contributed by atoms with Crippen molar-refractivity contribution in [3.05, 3.63) is 35.1 Å². The van der Waals surface area contributed by atoms with Crippen molar-refractivity contribution in [2.45, 2.75) is 25.9 Å². The highest BCUT2D eigenvalue weighted by atomic mass is 32.2. The van der Waals surface area contributed by atoms with Crippen LogP contribution >= 0.6 is 11.8 Å². The zero-order chi connectivity index (χ0) is 10.7. The van der Waals surface area contributed by atoms with Gasteiger partial charge in [0.2, 0.25) is 0 Å². The average molecular weight is 225 g/mol. The van der Waals surface area contributed by atoms with Gasteiger partial charge in [-0.1, -0.05) is 12.1 Å². The molecule has 0 amide bonds. The van der Waals surface area contributed by atoms with Crippen LogP contribution in [-0.4, -0.2) is 17.5 Å². The van der Waals surface area contributed by atoms with Crippen LogP contribution in [0, 0.1) is 12.7 Å². The Labute approximate surface area is 94.5 Å². The van der Waals surface area contributed by atoms with E-state index in [9.17, 15) is 4.39 Å². The Hall–Kier alpha value is -0.540. The molecule has 3 heteroatoms. The van der Waals surface area contributed by atoms with E-state index in [1.807, 2.05) is 30.8 Å². The van der Waals surface area contributed by atoms with E-state index >= 15 is 0 Å². The summed E-state index contributed by atoms with van der Waals surface area (Å²) in [5, 5.41) is 3.50. The summed E-state index contributed by atoms with van der Waals surface area (Å²) in [7, 11) is 0. The minimum absolute atomic E-state index is 0.116. The van der Waals surface area contributed by atoms with Gasteiger partial charge in [-0.05, 0) is 36.3 Å². The molecule has 0 spiro atoms. The lowest BCUT2D eigenvalue weighted by atomic mass is 10.1. The maximum atomic E-state index is 13.0. The van der Waals surface area contributed by atoms with E-state index < -0.39 is 0 Å². The number of benzene rings is 1. The molecular formula is C12H16FNS. The first-order valence-corrected chi connectivity index (χ1v) is 6.47. The highest BCUT2D eigenvalue weighted by Crippen LogP contribution is 2.17. The summed E-state index contributed by atoms with van der Waals surface area (Å²) in [5.41, 5.74) is 1.90. The molecule has 15 heavy (non-hydrogen) atoms. The Kier molecular flexibility index (Phi) is 3.65. The van der Waals surface area contributed by atoms with E-state index in [0.29, 0.717) is 6.04 Å². The van der Waals surface area contributed by atoms with Gasteiger partial charge in [0.15, 0.2) is 0 Å². The van der Waals surface area contributed by atoms with Crippen molar-refractivity contribution < 1.29 is 4.39 Å². The van der Waals surface area contributed by atoms with E-state index in [1.54, 1.807) is 6.07 Å². The Morgan fingerprint density at radius 2 is 2.40 bits per heavy atom. The fraction of sp³-hybridized carbons (Fsp3) is 0.500. The average Bonchev–Trinajstić information content (AvgIpc) is 2.73. The minimum Gasteiger partial charge on any atom is -0.309 e. The van der Waals surface area contributed by atoms with Crippen LogP contribution in [0.25, 0.3) is 0 Å². The number of hydrogen-bond donors (Lipinski definition) is 1. The van der Waals surface area contributed by atoms with Crippen LogP contribution in [0.3, 0.4) is 0 Å². The number of rotatable bonds is 3. The van der Waals surface area contributed by atoms with Crippen molar-refractivity contribution in [1.29, 1.82) is 0 Å². The molecule has 1 nitrogen and oxygen atoms in total. The van der Waals surface area contributed by atoms with E-state index in [4.69, 9.17) is 0 Å². The molecule has 1 N–H and O–H groups in total. The Morgan fingerprint density at radius 3 is 3.07 bits per heavy atom. The molecule has 1 aliphatic rings. The second-order valence-electron chi connectivity index (χ2n) is 4.02. The summed E-state index contributed by atoms with van der Waals surface area (Å²) in [6.45, 7) is 2.66. The lowest BCUT2D eigenvalue weighted by Crippen LogP contribution is -2.27. The third-order valence-electron chi connectivity index (χ3n) is 2.75. The summed E-state index contributed by atoms with van der Waals surface area (Å²) >= 11 is 2.00. The van der Waals surface area contributed by atoms with Crippen LogP contribution in [0.1, 0.15) is 17.5 Å². The summed E-state index contributed by atoms with van der Waals surface area (Å²) in [6.07, 6.45) is 1.25. The first-order chi connectivity index (χ1) is 7.25. The summed E-state index contributed by atoms with van der Waals surface area (Å²) < 4.78 is 13.0. The standard InChI is InChI=1S/C12H16FNS/c1-9-6-10(2-3-12(9)13)7-14-11-4-5-15-8-11/h2-3,6,11,14H,4-5,7-8H2,1H3. The molecule has 0 saturated carbocycles. The maximum Gasteiger partial charge on any atom is 0.126 e. The van der Waals surface area contributed by atoms with Crippen molar-refractivity contribution in [1.82, 2.24) is 5.32 Å². The normalized spacial score (nSPS) is 20.8. The summed E-state index contributed by atoms with van der Waals surface area (Å²) in [6, 6.07) is 5.97. The molecule has 1 saturated heterocycles. The van der Waals surface area contributed by atoms with Gasteiger partial charge in [0.25, 0.3) is 0 Å². The summed E-state index contributed by atoms with van der Waals surface area (Å²) in [5.74, 6) is 2.36. The van der Waals surface area contributed by atoms with Gasteiger partial charge < -0.3 is 5.32 Å². The zero-order valence-electron chi connectivity index (χ0n) is 8.92. The predicted molar refractivity (Wildman–Crippen MR) is 63.7 cm³/mol. The second kappa shape index (κ2) is 4.99. The Balaban J connectivity index is 1.90. The monoisotopic (exact) mass is 225 g/mol. The molecule has 2 rings (SSSR count). The van der Waals surface area contributed by atoms with Crippen molar-refractivity contribution in [3.8, 4) is 0 Å². The van der Waals surface area contributed by atoms with Gasteiger partial charge in [-0.15, -0.1) is 0 Å². The maximum absolute atomic E-state index is 13.0. The number of hydrogen-bond acceptors (Lipinski definition) is 2. The van der Waals surface area contributed by atoms with Crippen molar-refractivity contribution >= 4 is 11.8 Å². The molecule has 82 valence electrons. The van der Waals surface area contributed by atoms with Gasteiger partial charge in [-0.3, -0.25) is 0 Å². The first-order valence-electron chi connectivity index (χ1n) is 5.32. The van der Waals surface area contributed by atoms with Gasteiger partial charge in [0.1, 0.15) is 5.82 Å². The van der Waals surface area contributed by atoms with Crippen LogP contribution in [-0.2, 0) is 6.54 Å². The fourth-order valence-electron chi connectivity index (χ4n) is 1.77. The quantitative estimate of drug-likeness (QED) is 0.849. The molecule has 1 heterocycles. The smallest absolute Gasteiger partial charge is 0.126 e.